The monoisotopic (exact) mass is 299 g/mol. The minimum absolute atomic E-state index is 0.326. The maximum absolute atomic E-state index is 11.4. The van der Waals surface area contributed by atoms with Crippen molar-refractivity contribution >= 4 is 33.2 Å². The van der Waals surface area contributed by atoms with Crippen LogP contribution in [0.5, 0.6) is 0 Å². The van der Waals surface area contributed by atoms with Crippen LogP contribution in [-0.4, -0.2) is 31.7 Å². The number of benzene rings is 1. The van der Waals surface area contributed by atoms with Crippen molar-refractivity contribution in [3.63, 3.8) is 0 Å². The SMILES string of the molecule is NC(=O)C1COCCN1c1ccc(N)cc1Br. The van der Waals surface area contributed by atoms with Gasteiger partial charge in [0.25, 0.3) is 0 Å². The molecule has 5 nitrogen and oxygen atoms in total. The number of halogens is 1. The molecule has 0 radical (unpaired) electrons. The van der Waals surface area contributed by atoms with E-state index in [4.69, 9.17) is 16.2 Å². The summed E-state index contributed by atoms with van der Waals surface area (Å²) in [5.74, 6) is -0.381. The maximum atomic E-state index is 11.4. The Balaban J connectivity index is 2.32. The van der Waals surface area contributed by atoms with E-state index in [-0.39, 0.29) is 5.91 Å². The number of amides is 1. The van der Waals surface area contributed by atoms with Gasteiger partial charge in [-0.25, -0.2) is 0 Å². The second kappa shape index (κ2) is 4.93. The smallest absolute Gasteiger partial charge is 0.242 e. The molecule has 0 bridgehead atoms. The Bertz CT molecular complexity index is 439. The first-order valence-electron chi connectivity index (χ1n) is 5.28. The molecular weight excluding hydrogens is 286 g/mol. The van der Waals surface area contributed by atoms with Gasteiger partial charge in [0.1, 0.15) is 6.04 Å². The lowest BCUT2D eigenvalue weighted by Gasteiger charge is -2.36. The Labute approximate surface area is 108 Å². The largest absolute Gasteiger partial charge is 0.399 e. The van der Waals surface area contributed by atoms with Crippen LogP contribution in [0.2, 0.25) is 0 Å². The number of morpholine rings is 1. The van der Waals surface area contributed by atoms with E-state index in [1.807, 2.05) is 17.0 Å². The van der Waals surface area contributed by atoms with Crippen LogP contribution < -0.4 is 16.4 Å². The number of anilines is 2. The van der Waals surface area contributed by atoms with Gasteiger partial charge >= 0.3 is 0 Å². The summed E-state index contributed by atoms with van der Waals surface area (Å²) in [7, 11) is 0. The molecule has 4 N–H and O–H groups in total. The van der Waals surface area contributed by atoms with Crippen LogP contribution >= 0.6 is 15.9 Å². The summed E-state index contributed by atoms with van der Waals surface area (Å²) in [4.78, 5) is 13.3. The first-order valence-corrected chi connectivity index (χ1v) is 6.07. The predicted octanol–water partition coefficient (Wildman–Crippen LogP) is 0.722. The highest BCUT2D eigenvalue weighted by molar-refractivity contribution is 9.10. The molecule has 1 heterocycles. The summed E-state index contributed by atoms with van der Waals surface area (Å²) in [5.41, 5.74) is 12.6. The highest BCUT2D eigenvalue weighted by Crippen LogP contribution is 2.30. The van der Waals surface area contributed by atoms with E-state index in [1.54, 1.807) is 6.07 Å². The zero-order chi connectivity index (χ0) is 12.4. The minimum atomic E-state index is -0.427. The average molecular weight is 300 g/mol. The Kier molecular flexibility index (Phi) is 3.54. The fraction of sp³-hybridized carbons (Fsp3) is 0.364. The fourth-order valence-electron chi connectivity index (χ4n) is 1.88. The summed E-state index contributed by atoms with van der Waals surface area (Å²) in [5, 5.41) is 0. The molecule has 1 aromatic carbocycles. The first kappa shape index (κ1) is 12.2. The molecule has 1 aliphatic heterocycles. The molecule has 1 aliphatic rings. The predicted molar refractivity (Wildman–Crippen MR) is 69.7 cm³/mol. The van der Waals surface area contributed by atoms with Gasteiger partial charge in [-0.3, -0.25) is 4.79 Å². The van der Waals surface area contributed by atoms with Crippen molar-refractivity contribution in [2.24, 2.45) is 5.73 Å². The summed E-state index contributed by atoms with van der Waals surface area (Å²) in [6, 6.07) is 5.06. The standard InChI is InChI=1S/C11H14BrN3O2/c12-8-5-7(13)1-2-9(8)15-3-4-17-6-10(15)11(14)16/h1-2,5,10H,3-4,6,13H2,(H2,14,16). The van der Waals surface area contributed by atoms with Crippen LogP contribution in [0.25, 0.3) is 0 Å². The normalized spacial score (nSPS) is 20.3. The third-order valence-electron chi connectivity index (χ3n) is 2.74. The average Bonchev–Trinajstić information content (AvgIpc) is 2.29. The summed E-state index contributed by atoms with van der Waals surface area (Å²) < 4.78 is 6.13. The van der Waals surface area contributed by atoms with Crippen molar-refractivity contribution < 1.29 is 9.53 Å². The Morgan fingerprint density at radius 3 is 2.94 bits per heavy atom. The van der Waals surface area contributed by atoms with Crippen LogP contribution in [-0.2, 0) is 9.53 Å². The Hall–Kier alpha value is -1.27. The molecule has 17 heavy (non-hydrogen) atoms. The van der Waals surface area contributed by atoms with E-state index in [2.05, 4.69) is 15.9 Å². The third-order valence-corrected chi connectivity index (χ3v) is 3.37. The van der Waals surface area contributed by atoms with E-state index in [0.29, 0.717) is 25.4 Å². The molecule has 0 aromatic heterocycles. The molecule has 2 rings (SSSR count). The number of ether oxygens (including phenoxy) is 1. The van der Waals surface area contributed by atoms with Gasteiger partial charge in [0.05, 0.1) is 18.9 Å². The summed E-state index contributed by atoms with van der Waals surface area (Å²) in [6.07, 6.45) is 0. The number of rotatable bonds is 2. The number of hydrogen-bond donors (Lipinski definition) is 2. The number of nitrogen functional groups attached to an aromatic ring is 1. The van der Waals surface area contributed by atoms with Gasteiger partial charge in [0.2, 0.25) is 5.91 Å². The lowest BCUT2D eigenvalue weighted by molar-refractivity contribution is -0.121. The van der Waals surface area contributed by atoms with E-state index >= 15 is 0 Å². The number of carbonyl (C=O) groups excluding carboxylic acids is 1. The summed E-state index contributed by atoms with van der Waals surface area (Å²) >= 11 is 3.44. The van der Waals surface area contributed by atoms with Crippen LogP contribution in [0.15, 0.2) is 22.7 Å². The van der Waals surface area contributed by atoms with Crippen molar-refractivity contribution in [3.05, 3.63) is 22.7 Å². The van der Waals surface area contributed by atoms with Gasteiger partial charge < -0.3 is 21.1 Å². The first-order chi connectivity index (χ1) is 8.09. The number of nitrogens with two attached hydrogens (primary N) is 2. The highest BCUT2D eigenvalue weighted by Gasteiger charge is 2.28. The molecule has 1 unspecified atom stereocenters. The number of carbonyl (C=O) groups is 1. The molecule has 6 heteroatoms. The van der Waals surface area contributed by atoms with E-state index in [9.17, 15) is 4.79 Å². The molecule has 1 saturated heterocycles. The van der Waals surface area contributed by atoms with Crippen molar-refractivity contribution in [1.82, 2.24) is 0 Å². The number of nitrogens with zero attached hydrogens (tertiary/aromatic N) is 1. The maximum Gasteiger partial charge on any atom is 0.242 e. The van der Waals surface area contributed by atoms with Crippen LogP contribution in [0, 0.1) is 0 Å². The molecule has 92 valence electrons. The minimum Gasteiger partial charge on any atom is -0.399 e. The quantitative estimate of drug-likeness (QED) is 0.789. The number of primary amides is 1. The van der Waals surface area contributed by atoms with Gasteiger partial charge in [0.15, 0.2) is 0 Å². The van der Waals surface area contributed by atoms with E-state index in [0.717, 1.165) is 10.2 Å². The number of hydrogen-bond acceptors (Lipinski definition) is 4. The van der Waals surface area contributed by atoms with Crippen molar-refractivity contribution in [2.75, 3.05) is 30.4 Å². The molecule has 1 amide bonds. The van der Waals surface area contributed by atoms with E-state index < -0.39 is 6.04 Å². The van der Waals surface area contributed by atoms with Gasteiger partial charge in [-0.05, 0) is 34.1 Å². The van der Waals surface area contributed by atoms with Crippen molar-refractivity contribution in [1.29, 1.82) is 0 Å². The van der Waals surface area contributed by atoms with Crippen molar-refractivity contribution in [2.45, 2.75) is 6.04 Å². The van der Waals surface area contributed by atoms with Gasteiger partial charge in [-0.2, -0.15) is 0 Å². The third kappa shape index (κ3) is 2.53. The van der Waals surface area contributed by atoms with Gasteiger partial charge in [0, 0.05) is 16.7 Å². The van der Waals surface area contributed by atoms with Crippen LogP contribution in [0.4, 0.5) is 11.4 Å². The topological polar surface area (TPSA) is 81.6 Å². The highest BCUT2D eigenvalue weighted by atomic mass is 79.9. The Morgan fingerprint density at radius 1 is 1.53 bits per heavy atom. The van der Waals surface area contributed by atoms with E-state index in [1.165, 1.54) is 0 Å². The van der Waals surface area contributed by atoms with Gasteiger partial charge in [-0.1, -0.05) is 0 Å². The molecule has 0 saturated carbocycles. The zero-order valence-electron chi connectivity index (χ0n) is 9.23. The van der Waals surface area contributed by atoms with Crippen LogP contribution in [0.3, 0.4) is 0 Å². The lowest BCUT2D eigenvalue weighted by Crippen LogP contribution is -2.52. The van der Waals surface area contributed by atoms with Gasteiger partial charge in [-0.15, -0.1) is 0 Å². The molecule has 1 fully saturated rings. The second-order valence-electron chi connectivity index (χ2n) is 3.90. The van der Waals surface area contributed by atoms with Crippen LogP contribution in [0.1, 0.15) is 0 Å². The zero-order valence-corrected chi connectivity index (χ0v) is 10.8. The molecule has 0 aliphatic carbocycles. The molecule has 1 atom stereocenters. The Morgan fingerprint density at radius 2 is 2.29 bits per heavy atom. The molecule has 0 spiro atoms. The second-order valence-corrected chi connectivity index (χ2v) is 4.75. The lowest BCUT2D eigenvalue weighted by atomic mass is 10.1. The fourth-order valence-corrected chi connectivity index (χ4v) is 2.51. The molecular formula is C11H14BrN3O2. The summed E-state index contributed by atoms with van der Waals surface area (Å²) in [6.45, 7) is 1.54. The van der Waals surface area contributed by atoms with Crippen molar-refractivity contribution in [3.8, 4) is 0 Å². The molecule has 1 aromatic rings.